The van der Waals surface area contributed by atoms with Crippen LogP contribution in [0.2, 0.25) is 0 Å². The molecule has 9 aromatic rings. The van der Waals surface area contributed by atoms with E-state index in [-0.39, 0.29) is 5.41 Å². The largest absolute Gasteiger partial charge is 0.310 e. The molecule has 2 heteroatoms. The lowest BCUT2D eigenvalue weighted by Crippen LogP contribution is -2.15. The zero-order chi connectivity index (χ0) is 35.5. The van der Waals surface area contributed by atoms with Crippen molar-refractivity contribution < 1.29 is 0 Å². The average Bonchev–Trinajstić information content (AvgIpc) is 3.68. The second-order valence-corrected chi connectivity index (χ2v) is 14.6. The molecule has 0 bridgehead atoms. The first-order valence-corrected chi connectivity index (χ1v) is 18.4. The predicted molar refractivity (Wildman–Crippen MR) is 224 cm³/mol. The van der Waals surface area contributed by atoms with E-state index in [1.54, 1.807) is 0 Å². The summed E-state index contributed by atoms with van der Waals surface area (Å²) in [5.41, 5.74) is 17.1. The van der Waals surface area contributed by atoms with Crippen molar-refractivity contribution in [1.29, 1.82) is 0 Å². The van der Waals surface area contributed by atoms with E-state index in [1.165, 1.54) is 72.0 Å². The fourth-order valence-corrected chi connectivity index (χ4v) is 8.59. The van der Waals surface area contributed by atoms with E-state index in [0.717, 1.165) is 17.1 Å². The Balaban J connectivity index is 1.17. The summed E-state index contributed by atoms with van der Waals surface area (Å²) in [4.78, 5) is 2.42. The normalized spacial score (nSPS) is 12.9. The van der Waals surface area contributed by atoms with Gasteiger partial charge in [-0.1, -0.05) is 153 Å². The molecule has 0 unspecified atom stereocenters. The summed E-state index contributed by atoms with van der Waals surface area (Å²) in [5.74, 6) is 0. The minimum absolute atomic E-state index is 0.0829. The summed E-state index contributed by atoms with van der Waals surface area (Å²) in [6.45, 7) is 4.71. The Bertz CT molecular complexity index is 2690. The van der Waals surface area contributed by atoms with Crippen LogP contribution >= 0.6 is 0 Å². The Morgan fingerprint density at radius 3 is 1.60 bits per heavy atom. The number of anilines is 3. The van der Waals surface area contributed by atoms with Crippen LogP contribution in [0.3, 0.4) is 0 Å². The highest BCUT2D eigenvalue weighted by molar-refractivity contribution is 6.16. The van der Waals surface area contributed by atoms with E-state index in [4.69, 9.17) is 0 Å². The summed E-state index contributed by atoms with van der Waals surface area (Å²) in [7, 11) is 0. The van der Waals surface area contributed by atoms with Crippen molar-refractivity contribution >= 4 is 38.9 Å². The Morgan fingerprint density at radius 1 is 0.415 bits per heavy atom. The molecular weight excluding hydrogens is 641 g/mol. The Hall–Kier alpha value is -6.64. The van der Waals surface area contributed by atoms with Crippen LogP contribution in [0.15, 0.2) is 194 Å². The molecule has 10 rings (SSSR count). The molecule has 0 saturated heterocycles. The minimum Gasteiger partial charge on any atom is -0.310 e. The quantitative estimate of drug-likeness (QED) is 0.170. The summed E-state index contributed by atoms with van der Waals surface area (Å²) in [6.07, 6.45) is 0. The first-order valence-electron chi connectivity index (χ1n) is 18.4. The molecule has 53 heavy (non-hydrogen) atoms. The van der Waals surface area contributed by atoms with Crippen molar-refractivity contribution in [3.05, 3.63) is 205 Å². The van der Waals surface area contributed by atoms with Crippen molar-refractivity contribution in [2.45, 2.75) is 19.3 Å². The molecule has 1 aliphatic carbocycles. The fourth-order valence-electron chi connectivity index (χ4n) is 8.59. The topological polar surface area (TPSA) is 8.17 Å². The van der Waals surface area contributed by atoms with Gasteiger partial charge in [-0.3, -0.25) is 0 Å². The maximum Gasteiger partial charge on any atom is 0.0562 e. The molecule has 8 aromatic carbocycles. The molecule has 0 saturated carbocycles. The molecule has 1 heterocycles. The van der Waals surface area contributed by atoms with Gasteiger partial charge < -0.3 is 9.47 Å². The smallest absolute Gasteiger partial charge is 0.0562 e. The number of hydrogen-bond acceptors (Lipinski definition) is 1. The number of nitrogens with zero attached hydrogens (tertiary/aromatic N) is 2. The first kappa shape index (κ1) is 31.1. The molecule has 0 radical (unpaired) electrons. The van der Waals surface area contributed by atoms with E-state index in [9.17, 15) is 0 Å². The molecule has 0 N–H and O–H groups in total. The van der Waals surface area contributed by atoms with Gasteiger partial charge in [0.2, 0.25) is 0 Å². The van der Waals surface area contributed by atoms with Crippen molar-refractivity contribution in [2.75, 3.05) is 4.90 Å². The van der Waals surface area contributed by atoms with E-state index >= 15 is 0 Å². The van der Waals surface area contributed by atoms with E-state index in [1.807, 2.05) is 0 Å². The molecular formula is C51H38N2. The third-order valence-corrected chi connectivity index (χ3v) is 11.2. The van der Waals surface area contributed by atoms with Crippen LogP contribution in [0.25, 0.3) is 60.9 Å². The zero-order valence-corrected chi connectivity index (χ0v) is 29.9. The molecule has 0 fully saturated rings. The van der Waals surface area contributed by atoms with Crippen molar-refractivity contribution in [3.8, 4) is 39.1 Å². The number of rotatable bonds is 6. The molecule has 0 spiro atoms. The summed E-state index contributed by atoms with van der Waals surface area (Å²) in [6, 6.07) is 70.8. The van der Waals surface area contributed by atoms with Crippen LogP contribution in [0.1, 0.15) is 25.0 Å². The van der Waals surface area contributed by atoms with Crippen LogP contribution in [0.4, 0.5) is 17.1 Å². The number of aromatic nitrogens is 1. The highest BCUT2D eigenvalue weighted by atomic mass is 15.1. The van der Waals surface area contributed by atoms with Gasteiger partial charge in [-0.15, -0.1) is 0 Å². The molecule has 252 valence electrons. The number of fused-ring (bicyclic) bond motifs is 6. The van der Waals surface area contributed by atoms with E-state index in [2.05, 4.69) is 217 Å². The second kappa shape index (κ2) is 12.3. The highest BCUT2D eigenvalue weighted by Crippen LogP contribution is 2.50. The molecule has 0 atom stereocenters. The maximum atomic E-state index is 2.46. The maximum absolute atomic E-state index is 2.46. The number of hydrogen-bond donors (Lipinski definition) is 0. The third kappa shape index (κ3) is 5.02. The predicted octanol–water partition coefficient (Wildman–Crippen LogP) is 13.9. The SMILES string of the molecule is CC1(C)c2ccccc2-c2ccc(-n3c4ccccc4c4c(N(c5ccc(-c6ccccc6)cc5)c5ccc(-c6ccccc6)cc5)cccc43)cc21. The summed E-state index contributed by atoms with van der Waals surface area (Å²) < 4.78 is 2.46. The van der Waals surface area contributed by atoms with Crippen LogP contribution in [0.5, 0.6) is 0 Å². The zero-order valence-electron chi connectivity index (χ0n) is 29.9. The van der Waals surface area contributed by atoms with Gasteiger partial charge in [-0.2, -0.15) is 0 Å². The molecule has 0 amide bonds. The standard InChI is InChI=1S/C51H38N2/c1-51(2)45-20-11-9-18-42(45)43-33-32-41(34-46(43)51)53-47-21-12-10-19-44(47)50-48(22-13-23-49(50)53)52(39-28-24-37(25-29-39)35-14-5-3-6-15-35)40-30-26-38(27-31-40)36-16-7-4-8-17-36/h3-34H,1-2H3. The molecule has 1 aliphatic rings. The fraction of sp³-hybridized carbons (Fsp3) is 0.0588. The van der Waals surface area contributed by atoms with Gasteiger partial charge in [0.15, 0.2) is 0 Å². The molecule has 2 nitrogen and oxygen atoms in total. The van der Waals surface area contributed by atoms with Gasteiger partial charge in [-0.25, -0.2) is 0 Å². The number of benzene rings is 8. The van der Waals surface area contributed by atoms with Crippen LogP contribution in [-0.4, -0.2) is 4.57 Å². The van der Waals surface area contributed by atoms with Gasteiger partial charge in [-0.05, 0) is 99.1 Å². The molecule has 0 aliphatic heterocycles. The first-order chi connectivity index (χ1) is 26.1. The van der Waals surface area contributed by atoms with Crippen molar-refractivity contribution in [3.63, 3.8) is 0 Å². The van der Waals surface area contributed by atoms with Gasteiger partial charge in [0, 0.05) is 33.2 Å². The van der Waals surface area contributed by atoms with Gasteiger partial charge in [0.1, 0.15) is 0 Å². The molecule has 1 aromatic heterocycles. The Labute approximate surface area is 310 Å². The Kier molecular flexibility index (Phi) is 7.19. The van der Waals surface area contributed by atoms with E-state index in [0.29, 0.717) is 0 Å². The highest BCUT2D eigenvalue weighted by Gasteiger charge is 2.35. The average molecular weight is 679 g/mol. The van der Waals surface area contributed by atoms with Gasteiger partial charge >= 0.3 is 0 Å². The lowest BCUT2D eigenvalue weighted by Gasteiger charge is -2.27. The third-order valence-electron chi connectivity index (χ3n) is 11.2. The minimum atomic E-state index is -0.0829. The van der Waals surface area contributed by atoms with Gasteiger partial charge in [0.25, 0.3) is 0 Å². The lowest BCUT2D eigenvalue weighted by molar-refractivity contribution is 0.660. The number of para-hydroxylation sites is 1. The Morgan fingerprint density at radius 2 is 0.943 bits per heavy atom. The second-order valence-electron chi connectivity index (χ2n) is 14.6. The van der Waals surface area contributed by atoms with Crippen LogP contribution in [0, 0.1) is 0 Å². The van der Waals surface area contributed by atoms with Crippen LogP contribution in [-0.2, 0) is 5.41 Å². The van der Waals surface area contributed by atoms with Gasteiger partial charge in [0.05, 0.1) is 16.7 Å². The van der Waals surface area contributed by atoms with E-state index < -0.39 is 0 Å². The lowest BCUT2D eigenvalue weighted by atomic mass is 9.82. The monoisotopic (exact) mass is 678 g/mol. The summed E-state index contributed by atoms with van der Waals surface area (Å²) in [5, 5.41) is 2.46. The van der Waals surface area contributed by atoms with Crippen molar-refractivity contribution in [2.24, 2.45) is 0 Å². The van der Waals surface area contributed by atoms with Crippen LogP contribution < -0.4 is 4.90 Å². The summed E-state index contributed by atoms with van der Waals surface area (Å²) >= 11 is 0. The van der Waals surface area contributed by atoms with Crippen molar-refractivity contribution in [1.82, 2.24) is 4.57 Å².